The third-order valence-electron chi connectivity index (χ3n) is 2.87. The summed E-state index contributed by atoms with van der Waals surface area (Å²) in [6.45, 7) is 1.54. The molecule has 0 amide bonds. The van der Waals surface area contributed by atoms with Gasteiger partial charge >= 0.3 is 12.1 Å². The van der Waals surface area contributed by atoms with Crippen molar-refractivity contribution in [3.8, 4) is 17.0 Å². The van der Waals surface area contributed by atoms with Crippen LogP contribution in [0.2, 0.25) is 0 Å². The van der Waals surface area contributed by atoms with E-state index in [4.69, 9.17) is 9.47 Å². The van der Waals surface area contributed by atoms with Crippen LogP contribution in [-0.4, -0.2) is 35.1 Å². The number of alkyl halides is 3. The summed E-state index contributed by atoms with van der Waals surface area (Å²) >= 11 is 0. The van der Waals surface area contributed by atoms with Crippen LogP contribution in [0.25, 0.3) is 11.3 Å². The Hall–Kier alpha value is -2.65. The summed E-state index contributed by atoms with van der Waals surface area (Å²) in [7, 11) is 0.956. The third-order valence-corrected chi connectivity index (χ3v) is 2.87. The number of esters is 1. The standard InChI is InChI=1S/C13H11F4N3O3/c1-3-23-12(21)10-9(18-20-19-10)8-7(14)5-4-6(11(8)22-2)13(15,16)17/h4-5H,3H2,1-2H3,(H,18,19,20). The molecule has 1 aromatic heterocycles. The molecule has 2 aromatic rings. The number of H-pyrrole nitrogens is 1. The van der Waals surface area contributed by atoms with Gasteiger partial charge in [-0.15, -0.1) is 5.10 Å². The van der Waals surface area contributed by atoms with Crippen molar-refractivity contribution in [2.75, 3.05) is 13.7 Å². The molecule has 0 spiro atoms. The Kier molecular flexibility index (Phi) is 4.52. The van der Waals surface area contributed by atoms with Gasteiger partial charge in [0.2, 0.25) is 0 Å². The van der Waals surface area contributed by atoms with Crippen LogP contribution in [0.5, 0.6) is 5.75 Å². The Morgan fingerprint density at radius 2 is 2.00 bits per heavy atom. The van der Waals surface area contributed by atoms with E-state index in [2.05, 4.69) is 15.4 Å². The van der Waals surface area contributed by atoms with E-state index < -0.39 is 46.2 Å². The number of benzene rings is 1. The van der Waals surface area contributed by atoms with Crippen molar-refractivity contribution >= 4 is 5.97 Å². The van der Waals surface area contributed by atoms with E-state index in [-0.39, 0.29) is 6.61 Å². The fourth-order valence-corrected chi connectivity index (χ4v) is 1.96. The maximum Gasteiger partial charge on any atom is 0.419 e. The van der Waals surface area contributed by atoms with Gasteiger partial charge in [-0.2, -0.15) is 23.5 Å². The van der Waals surface area contributed by atoms with Crippen LogP contribution in [0.4, 0.5) is 17.6 Å². The molecule has 124 valence electrons. The van der Waals surface area contributed by atoms with Gasteiger partial charge in [-0.25, -0.2) is 9.18 Å². The minimum Gasteiger partial charge on any atom is -0.495 e. The van der Waals surface area contributed by atoms with E-state index in [1.54, 1.807) is 0 Å². The number of aromatic nitrogens is 3. The molecule has 0 saturated carbocycles. The lowest BCUT2D eigenvalue weighted by molar-refractivity contribution is -0.138. The van der Waals surface area contributed by atoms with Gasteiger partial charge in [-0.1, -0.05) is 0 Å². The number of rotatable bonds is 4. The molecular formula is C13H11F4N3O3. The van der Waals surface area contributed by atoms with Crippen molar-refractivity contribution in [3.63, 3.8) is 0 Å². The molecule has 2 rings (SSSR count). The maximum absolute atomic E-state index is 14.1. The molecule has 0 radical (unpaired) electrons. The van der Waals surface area contributed by atoms with Crippen molar-refractivity contribution in [3.05, 3.63) is 29.2 Å². The SMILES string of the molecule is CCOC(=O)c1n[nH]nc1-c1c(F)ccc(C(F)(F)F)c1OC. The minimum atomic E-state index is -4.78. The summed E-state index contributed by atoms with van der Waals surface area (Å²) in [5.41, 5.74) is -2.69. The van der Waals surface area contributed by atoms with Crippen LogP contribution in [0.3, 0.4) is 0 Å². The van der Waals surface area contributed by atoms with E-state index in [9.17, 15) is 22.4 Å². The largest absolute Gasteiger partial charge is 0.495 e. The summed E-state index contributed by atoms with van der Waals surface area (Å²) in [4.78, 5) is 11.8. The van der Waals surface area contributed by atoms with E-state index in [1.165, 1.54) is 6.92 Å². The molecule has 0 fully saturated rings. The van der Waals surface area contributed by atoms with E-state index in [1.807, 2.05) is 0 Å². The van der Waals surface area contributed by atoms with Gasteiger partial charge in [-0.05, 0) is 19.1 Å². The highest BCUT2D eigenvalue weighted by molar-refractivity contribution is 5.95. The number of nitrogens with zero attached hydrogens (tertiary/aromatic N) is 2. The summed E-state index contributed by atoms with van der Waals surface area (Å²) in [5.74, 6) is -2.79. The predicted octanol–water partition coefficient (Wildman–Crippen LogP) is 2.81. The molecule has 0 aliphatic rings. The van der Waals surface area contributed by atoms with E-state index in [0.29, 0.717) is 12.1 Å². The van der Waals surface area contributed by atoms with Gasteiger partial charge in [0.1, 0.15) is 17.3 Å². The number of carbonyl (C=O) groups is 1. The fourth-order valence-electron chi connectivity index (χ4n) is 1.96. The Morgan fingerprint density at radius 3 is 2.57 bits per heavy atom. The number of ether oxygens (including phenoxy) is 2. The van der Waals surface area contributed by atoms with Gasteiger partial charge in [0.25, 0.3) is 0 Å². The normalized spacial score (nSPS) is 11.4. The highest BCUT2D eigenvalue weighted by atomic mass is 19.4. The van der Waals surface area contributed by atoms with Crippen LogP contribution in [0.1, 0.15) is 23.0 Å². The lowest BCUT2D eigenvalue weighted by atomic mass is 10.0. The van der Waals surface area contributed by atoms with Crippen molar-refractivity contribution < 1.29 is 31.8 Å². The maximum atomic E-state index is 14.1. The molecule has 0 aliphatic carbocycles. The minimum absolute atomic E-state index is 0.00728. The van der Waals surface area contributed by atoms with E-state index in [0.717, 1.165) is 7.11 Å². The number of methoxy groups -OCH3 is 1. The highest BCUT2D eigenvalue weighted by Gasteiger charge is 2.37. The average Bonchev–Trinajstić information content (AvgIpc) is 2.94. The second-order valence-electron chi connectivity index (χ2n) is 4.24. The van der Waals surface area contributed by atoms with Crippen LogP contribution >= 0.6 is 0 Å². The number of aromatic amines is 1. The fraction of sp³-hybridized carbons (Fsp3) is 0.308. The predicted molar refractivity (Wildman–Crippen MR) is 69.3 cm³/mol. The number of hydrogen-bond acceptors (Lipinski definition) is 5. The van der Waals surface area contributed by atoms with Crippen molar-refractivity contribution in [1.29, 1.82) is 0 Å². The van der Waals surface area contributed by atoms with Gasteiger partial charge in [-0.3, -0.25) is 0 Å². The third kappa shape index (κ3) is 3.10. The Morgan fingerprint density at radius 1 is 1.30 bits per heavy atom. The Balaban J connectivity index is 2.70. The van der Waals surface area contributed by atoms with Crippen LogP contribution in [-0.2, 0) is 10.9 Å². The lowest BCUT2D eigenvalue weighted by Crippen LogP contribution is -2.11. The molecule has 10 heteroatoms. The van der Waals surface area contributed by atoms with Crippen LogP contribution < -0.4 is 4.74 Å². The molecule has 0 unspecified atom stereocenters. The van der Waals surface area contributed by atoms with Crippen molar-refractivity contribution in [1.82, 2.24) is 15.4 Å². The molecule has 0 saturated heterocycles. The summed E-state index contributed by atoms with van der Waals surface area (Å²) in [5, 5.41) is 9.13. The molecule has 1 heterocycles. The molecule has 6 nitrogen and oxygen atoms in total. The summed E-state index contributed by atoms with van der Waals surface area (Å²) < 4.78 is 62.6. The van der Waals surface area contributed by atoms with E-state index >= 15 is 0 Å². The zero-order valence-corrected chi connectivity index (χ0v) is 12.0. The smallest absolute Gasteiger partial charge is 0.419 e. The Bertz CT molecular complexity index is 728. The van der Waals surface area contributed by atoms with Gasteiger partial charge in [0, 0.05) is 0 Å². The zero-order chi connectivity index (χ0) is 17.2. The second kappa shape index (κ2) is 6.23. The first-order valence-corrected chi connectivity index (χ1v) is 6.33. The quantitative estimate of drug-likeness (QED) is 0.688. The first kappa shape index (κ1) is 16.7. The first-order valence-electron chi connectivity index (χ1n) is 6.33. The highest BCUT2D eigenvalue weighted by Crippen LogP contribution is 2.43. The molecule has 0 aliphatic heterocycles. The summed E-state index contributed by atoms with van der Waals surface area (Å²) in [6, 6.07) is 1.16. The van der Waals surface area contributed by atoms with Gasteiger partial charge < -0.3 is 9.47 Å². The number of nitrogens with one attached hydrogen (secondary N) is 1. The number of hydrogen-bond donors (Lipinski definition) is 1. The average molecular weight is 333 g/mol. The molecule has 0 bridgehead atoms. The zero-order valence-electron chi connectivity index (χ0n) is 12.0. The molecular weight excluding hydrogens is 322 g/mol. The van der Waals surface area contributed by atoms with Crippen LogP contribution in [0, 0.1) is 5.82 Å². The molecule has 1 aromatic carbocycles. The molecule has 23 heavy (non-hydrogen) atoms. The topological polar surface area (TPSA) is 77.1 Å². The van der Waals surface area contributed by atoms with Gasteiger partial charge in [0.15, 0.2) is 5.69 Å². The Labute approximate surface area is 127 Å². The molecule has 0 atom stereocenters. The molecule has 1 N–H and O–H groups in total. The van der Waals surface area contributed by atoms with Crippen molar-refractivity contribution in [2.24, 2.45) is 0 Å². The number of carbonyl (C=O) groups excluding carboxylic acids is 1. The van der Waals surface area contributed by atoms with Gasteiger partial charge in [0.05, 0.1) is 24.8 Å². The number of halogens is 4. The van der Waals surface area contributed by atoms with Crippen LogP contribution in [0.15, 0.2) is 12.1 Å². The second-order valence-corrected chi connectivity index (χ2v) is 4.24. The lowest BCUT2D eigenvalue weighted by Gasteiger charge is -2.15. The monoisotopic (exact) mass is 333 g/mol. The summed E-state index contributed by atoms with van der Waals surface area (Å²) in [6.07, 6.45) is -4.78. The van der Waals surface area contributed by atoms with Crippen molar-refractivity contribution in [2.45, 2.75) is 13.1 Å². The first-order chi connectivity index (χ1) is 10.8.